The predicted octanol–water partition coefficient (Wildman–Crippen LogP) is 3.88. The van der Waals surface area contributed by atoms with E-state index < -0.39 is 5.97 Å². The number of aromatic nitrogens is 1. The van der Waals surface area contributed by atoms with Gasteiger partial charge in [-0.2, -0.15) is 0 Å². The van der Waals surface area contributed by atoms with Gasteiger partial charge in [0, 0.05) is 49.9 Å². The number of nitrogens with zero attached hydrogens (tertiary/aromatic N) is 3. The lowest BCUT2D eigenvalue weighted by molar-refractivity contribution is 0.0731. The van der Waals surface area contributed by atoms with E-state index in [-0.39, 0.29) is 5.56 Å². The van der Waals surface area contributed by atoms with E-state index in [1.54, 1.807) is 24.4 Å². The van der Waals surface area contributed by atoms with Crippen molar-refractivity contribution in [3.05, 3.63) is 52.7 Å². The fourth-order valence-electron chi connectivity index (χ4n) is 4.06. The zero-order valence-corrected chi connectivity index (χ0v) is 20.5. The van der Waals surface area contributed by atoms with Gasteiger partial charge in [-0.1, -0.05) is 11.6 Å². The van der Waals surface area contributed by atoms with Crippen molar-refractivity contribution in [1.82, 2.24) is 14.8 Å². The zero-order chi connectivity index (χ0) is 24.2. The number of methoxy groups -OCH3 is 3. The summed E-state index contributed by atoms with van der Waals surface area (Å²) in [7, 11) is 6.61. The van der Waals surface area contributed by atoms with Crippen LogP contribution in [0.3, 0.4) is 0 Å². The molecule has 1 aliphatic heterocycles. The molecule has 0 radical (unpaired) electrons. The molecule has 1 fully saturated rings. The van der Waals surface area contributed by atoms with Crippen molar-refractivity contribution in [2.75, 3.05) is 54.6 Å². The highest BCUT2D eigenvalue weighted by Gasteiger charge is 2.23. The Morgan fingerprint density at radius 3 is 2.29 bits per heavy atom. The second kappa shape index (κ2) is 10.5. The number of piperazine rings is 1. The number of carbonyl (C=O) groups excluding carboxylic acids is 1. The van der Waals surface area contributed by atoms with Gasteiger partial charge in [-0.3, -0.25) is 9.88 Å². The highest BCUT2D eigenvalue weighted by atomic mass is 35.5. The second-order valence-corrected chi connectivity index (χ2v) is 8.54. The Hall–Kier alpha value is -3.07. The largest absolute Gasteiger partial charge is 0.493 e. The van der Waals surface area contributed by atoms with Gasteiger partial charge in [0.15, 0.2) is 17.2 Å². The van der Waals surface area contributed by atoms with Crippen LogP contribution in [0, 0.1) is 0 Å². The van der Waals surface area contributed by atoms with Gasteiger partial charge in [0.25, 0.3) is 0 Å². The summed E-state index contributed by atoms with van der Waals surface area (Å²) >= 11 is 6.59. The van der Waals surface area contributed by atoms with E-state index in [1.165, 1.54) is 21.3 Å². The number of carbonyl (C=O) groups is 1. The number of halogens is 1. The summed E-state index contributed by atoms with van der Waals surface area (Å²) in [4.78, 5) is 22.4. The van der Waals surface area contributed by atoms with E-state index in [9.17, 15) is 4.79 Å². The Balaban J connectivity index is 1.73. The number of pyridine rings is 1. The fourth-order valence-corrected chi connectivity index (χ4v) is 4.34. The molecule has 2 heterocycles. The van der Waals surface area contributed by atoms with Crippen LogP contribution in [-0.4, -0.2) is 75.3 Å². The first-order valence-electron chi connectivity index (χ1n) is 10.9. The lowest BCUT2D eigenvalue weighted by Gasteiger charge is -2.32. The minimum atomic E-state index is -0.562. The highest BCUT2D eigenvalue weighted by molar-refractivity contribution is 6.35. The topological polar surface area (TPSA) is 73.4 Å². The fraction of sp³-hybridized carbons (Fsp3) is 0.360. The summed E-state index contributed by atoms with van der Waals surface area (Å²) in [6, 6.07) is 8.66. The van der Waals surface area contributed by atoms with Gasteiger partial charge in [-0.15, -0.1) is 0 Å². The SMILES string of the molecule is COc1cc(C(=O)Oc2c(CN3CCN(C)CC3)cc(Cl)c3cccnc23)cc(OC)c1OC. The molecule has 0 aliphatic carbocycles. The van der Waals surface area contributed by atoms with Crippen molar-refractivity contribution >= 4 is 28.5 Å². The lowest BCUT2D eigenvalue weighted by Crippen LogP contribution is -2.43. The van der Waals surface area contributed by atoms with Crippen LogP contribution >= 0.6 is 11.6 Å². The van der Waals surface area contributed by atoms with E-state index in [0.29, 0.717) is 40.1 Å². The molecule has 8 nitrogen and oxygen atoms in total. The van der Waals surface area contributed by atoms with Gasteiger partial charge < -0.3 is 23.8 Å². The van der Waals surface area contributed by atoms with E-state index in [0.717, 1.165) is 37.1 Å². The van der Waals surface area contributed by atoms with Crippen molar-refractivity contribution in [2.45, 2.75) is 6.54 Å². The van der Waals surface area contributed by atoms with Crippen LogP contribution in [0.2, 0.25) is 5.02 Å². The lowest BCUT2D eigenvalue weighted by atomic mass is 10.1. The number of esters is 1. The molecule has 3 aromatic rings. The summed E-state index contributed by atoms with van der Waals surface area (Å²) in [5.74, 6) is 0.970. The van der Waals surface area contributed by atoms with Crippen molar-refractivity contribution < 1.29 is 23.7 Å². The standard InChI is InChI=1S/C25H28ClN3O5/c1-28-8-10-29(11-9-28)15-17-12-19(26)18-6-5-7-27-22(18)23(17)34-25(30)16-13-20(31-2)24(33-4)21(14-16)32-3/h5-7,12-14H,8-11,15H2,1-4H3. The third-order valence-electron chi connectivity index (χ3n) is 5.96. The Labute approximate surface area is 203 Å². The van der Waals surface area contributed by atoms with Crippen LogP contribution in [0.4, 0.5) is 0 Å². The number of likely N-dealkylation sites (N-methyl/N-ethyl adjacent to an activating group) is 1. The van der Waals surface area contributed by atoms with Crippen LogP contribution in [0.5, 0.6) is 23.0 Å². The normalized spacial score (nSPS) is 14.7. The Bertz CT molecular complexity index is 1170. The molecule has 0 atom stereocenters. The molecule has 0 saturated carbocycles. The quantitative estimate of drug-likeness (QED) is 0.369. The third-order valence-corrected chi connectivity index (χ3v) is 6.27. The second-order valence-electron chi connectivity index (χ2n) is 8.13. The van der Waals surface area contributed by atoms with Gasteiger partial charge in [-0.25, -0.2) is 4.79 Å². The molecule has 180 valence electrons. The monoisotopic (exact) mass is 485 g/mol. The summed E-state index contributed by atoms with van der Waals surface area (Å²) in [6.45, 7) is 4.36. The van der Waals surface area contributed by atoms with Crippen molar-refractivity contribution in [2.24, 2.45) is 0 Å². The molecule has 0 N–H and O–H groups in total. The molecule has 1 aliphatic rings. The molecule has 2 aromatic carbocycles. The Kier molecular flexibility index (Phi) is 7.41. The van der Waals surface area contributed by atoms with Crippen LogP contribution in [-0.2, 0) is 6.54 Å². The summed E-state index contributed by atoms with van der Waals surface area (Å²) < 4.78 is 22.1. The molecule has 34 heavy (non-hydrogen) atoms. The van der Waals surface area contributed by atoms with Crippen molar-refractivity contribution in [3.63, 3.8) is 0 Å². The van der Waals surface area contributed by atoms with Crippen molar-refractivity contribution in [1.29, 1.82) is 0 Å². The van der Waals surface area contributed by atoms with E-state index in [1.807, 2.05) is 12.1 Å². The molecule has 1 aromatic heterocycles. The van der Waals surface area contributed by atoms with Crippen LogP contribution in [0.1, 0.15) is 15.9 Å². The van der Waals surface area contributed by atoms with E-state index >= 15 is 0 Å². The number of hydrogen-bond acceptors (Lipinski definition) is 8. The van der Waals surface area contributed by atoms with Crippen molar-refractivity contribution in [3.8, 4) is 23.0 Å². The van der Waals surface area contributed by atoms with Gasteiger partial charge in [0.1, 0.15) is 5.52 Å². The first kappa shape index (κ1) is 24.1. The predicted molar refractivity (Wildman–Crippen MR) is 131 cm³/mol. The van der Waals surface area contributed by atoms with Gasteiger partial charge in [-0.05, 0) is 37.4 Å². The molecule has 0 unspecified atom stereocenters. The number of rotatable bonds is 7. The molecule has 1 saturated heterocycles. The minimum absolute atomic E-state index is 0.263. The summed E-state index contributed by atoms with van der Waals surface area (Å²) in [6.07, 6.45) is 1.66. The maximum absolute atomic E-state index is 13.3. The minimum Gasteiger partial charge on any atom is -0.493 e. The Morgan fingerprint density at radius 2 is 1.68 bits per heavy atom. The number of fused-ring (bicyclic) bond motifs is 1. The molecular weight excluding hydrogens is 458 g/mol. The van der Waals surface area contributed by atoms with Gasteiger partial charge in [0.05, 0.1) is 31.9 Å². The first-order valence-corrected chi connectivity index (χ1v) is 11.3. The third kappa shape index (κ3) is 4.89. The molecular formula is C25H28ClN3O5. The summed E-state index contributed by atoms with van der Waals surface area (Å²) in [5.41, 5.74) is 1.61. The number of ether oxygens (including phenoxy) is 4. The average Bonchev–Trinajstić information content (AvgIpc) is 2.86. The Morgan fingerprint density at radius 1 is 1.00 bits per heavy atom. The van der Waals surface area contributed by atoms with Gasteiger partial charge >= 0.3 is 5.97 Å². The number of benzene rings is 2. The smallest absolute Gasteiger partial charge is 0.343 e. The molecule has 4 rings (SSSR count). The number of hydrogen-bond donors (Lipinski definition) is 0. The first-order chi connectivity index (χ1) is 16.4. The average molecular weight is 486 g/mol. The molecule has 9 heteroatoms. The molecule has 0 amide bonds. The van der Waals surface area contributed by atoms with E-state index in [2.05, 4.69) is 21.8 Å². The molecule has 0 spiro atoms. The van der Waals surface area contributed by atoms with Gasteiger partial charge in [0.2, 0.25) is 5.75 Å². The highest BCUT2D eigenvalue weighted by Crippen LogP contribution is 2.39. The summed E-state index contributed by atoms with van der Waals surface area (Å²) in [5, 5.41) is 1.29. The maximum Gasteiger partial charge on any atom is 0.343 e. The van der Waals surface area contributed by atoms with E-state index in [4.69, 9.17) is 30.5 Å². The molecule has 0 bridgehead atoms. The van der Waals surface area contributed by atoms with Crippen LogP contribution in [0.25, 0.3) is 10.9 Å². The van der Waals surface area contributed by atoms with Crippen LogP contribution < -0.4 is 18.9 Å². The van der Waals surface area contributed by atoms with Crippen LogP contribution in [0.15, 0.2) is 36.5 Å². The maximum atomic E-state index is 13.3. The zero-order valence-electron chi connectivity index (χ0n) is 19.8.